The van der Waals surface area contributed by atoms with Gasteiger partial charge in [0.2, 0.25) is 5.91 Å². The van der Waals surface area contributed by atoms with Crippen molar-refractivity contribution in [2.45, 2.75) is 17.8 Å². The van der Waals surface area contributed by atoms with Crippen molar-refractivity contribution < 1.29 is 4.79 Å². The molecule has 25 heavy (non-hydrogen) atoms. The van der Waals surface area contributed by atoms with Crippen molar-refractivity contribution in [3.63, 3.8) is 0 Å². The number of aromatic nitrogens is 2. The summed E-state index contributed by atoms with van der Waals surface area (Å²) in [4.78, 5) is 28.4. The summed E-state index contributed by atoms with van der Waals surface area (Å²) in [6.45, 7) is 1.39. The highest BCUT2D eigenvalue weighted by molar-refractivity contribution is 7.98. The molecule has 0 aliphatic carbocycles. The first kappa shape index (κ1) is 17.0. The van der Waals surface area contributed by atoms with Crippen LogP contribution in [0.25, 0.3) is 5.69 Å². The largest absolute Gasteiger partial charge is 0.311 e. The van der Waals surface area contributed by atoms with Crippen LogP contribution in [0, 0.1) is 0 Å². The van der Waals surface area contributed by atoms with Gasteiger partial charge in [0, 0.05) is 18.7 Å². The van der Waals surface area contributed by atoms with Crippen LogP contribution < -0.4 is 10.9 Å². The smallest absolute Gasteiger partial charge is 0.260 e. The Balaban J connectivity index is 2.01. The topological polar surface area (TPSA) is 64.0 Å². The quantitative estimate of drug-likeness (QED) is 0.565. The molecule has 2 aromatic carbocycles. The summed E-state index contributed by atoms with van der Waals surface area (Å²) in [5, 5.41) is 3.12. The van der Waals surface area contributed by atoms with Crippen LogP contribution in [0.1, 0.15) is 12.5 Å². The second-order valence-corrected chi connectivity index (χ2v) is 6.33. The molecule has 0 bridgehead atoms. The average molecular weight is 351 g/mol. The summed E-state index contributed by atoms with van der Waals surface area (Å²) >= 11 is 1.45. The molecule has 0 saturated heterocycles. The third-order valence-corrected chi connectivity index (χ3v) is 4.43. The number of thioether (sulfide) groups is 1. The first-order valence-electron chi connectivity index (χ1n) is 7.77. The van der Waals surface area contributed by atoms with Crippen LogP contribution in [0.15, 0.2) is 76.7 Å². The molecule has 0 aliphatic heterocycles. The van der Waals surface area contributed by atoms with E-state index < -0.39 is 0 Å². The molecule has 1 amide bonds. The Morgan fingerprint density at radius 1 is 1.08 bits per heavy atom. The van der Waals surface area contributed by atoms with Crippen molar-refractivity contribution in [2.24, 2.45) is 0 Å². The summed E-state index contributed by atoms with van der Waals surface area (Å²) < 4.78 is 1.55. The summed E-state index contributed by atoms with van der Waals surface area (Å²) in [6, 6.07) is 20.6. The maximum Gasteiger partial charge on any atom is 0.260 e. The van der Waals surface area contributed by atoms with Gasteiger partial charge in [0.1, 0.15) is 5.82 Å². The molecule has 1 aromatic heterocycles. The van der Waals surface area contributed by atoms with Crippen molar-refractivity contribution in [3.8, 4) is 5.69 Å². The van der Waals surface area contributed by atoms with Crippen molar-refractivity contribution >= 4 is 23.5 Å². The zero-order valence-electron chi connectivity index (χ0n) is 13.7. The van der Waals surface area contributed by atoms with Crippen LogP contribution >= 0.6 is 11.8 Å². The molecular weight excluding hydrogens is 334 g/mol. The maximum atomic E-state index is 12.6. The lowest BCUT2D eigenvalue weighted by Crippen LogP contribution is -2.22. The Morgan fingerprint density at radius 3 is 2.36 bits per heavy atom. The van der Waals surface area contributed by atoms with Gasteiger partial charge in [0.05, 0.1) is 5.69 Å². The van der Waals surface area contributed by atoms with E-state index in [1.807, 2.05) is 60.7 Å². The van der Waals surface area contributed by atoms with Crippen LogP contribution in [0.4, 0.5) is 5.82 Å². The van der Waals surface area contributed by atoms with E-state index in [9.17, 15) is 9.59 Å². The third-order valence-electron chi connectivity index (χ3n) is 3.42. The highest BCUT2D eigenvalue weighted by Gasteiger charge is 2.12. The van der Waals surface area contributed by atoms with E-state index in [-0.39, 0.29) is 17.3 Å². The van der Waals surface area contributed by atoms with Crippen molar-refractivity contribution in [1.82, 2.24) is 9.55 Å². The lowest BCUT2D eigenvalue weighted by atomic mass is 10.2. The van der Waals surface area contributed by atoms with Gasteiger partial charge in [-0.1, -0.05) is 60.3 Å². The summed E-state index contributed by atoms with van der Waals surface area (Å²) in [5.41, 5.74) is 1.64. The molecule has 0 radical (unpaired) electrons. The Labute approximate surface area is 149 Å². The van der Waals surface area contributed by atoms with E-state index in [1.54, 1.807) is 4.57 Å². The fraction of sp³-hybridized carbons (Fsp3) is 0.105. The molecule has 0 saturated carbocycles. The molecule has 126 valence electrons. The van der Waals surface area contributed by atoms with Crippen molar-refractivity contribution in [1.29, 1.82) is 0 Å². The maximum absolute atomic E-state index is 12.6. The zero-order chi connectivity index (χ0) is 17.6. The van der Waals surface area contributed by atoms with E-state index in [0.29, 0.717) is 10.9 Å². The van der Waals surface area contributed by atoms with E-state index in [4.69, 9.17) is 0 Å². The lowest BCUT2D eigenvalue weighted by Gasteiger charge is -2.13. The molecule has 0 atom stereocenters. The molecule has 0 spiro atoms. The normalized spacial score (nSPS) is 10.4. The average Bonchev–Trinajstić information content (AvgIpc) is 2.61. The standard InChI is InChI=1S/C19H17N3O2S/c1-14(23)20-17-12-18(24)22(16-10-6-3-7-11-16)19(21-17)25-13-15-8-4-2-5-9-15/h2-12H,13H2,1H3,(H,20,23). The molecule has 0 unspecified atom stereocenters. The van der Waals surface area contributed by atoms with Gasteiger partial charge in [0.25, 0.3) is 5.56 Å². The summed E-state index contributed by atoms with van der Waals surface area (Å²) in [5.74, 6) is 0.674. The first-order chi connectivity index (χ1) is 12.1. The fourth-order valence-corrected chi connectivity index (χ4v) is 3.31. The Kier molecular flexibility index (Phi) is 5.30. The van der Waals surface area contributed by atoms with Crippen molar-refractivity contribution in [2.75, 3.05) is 5.32 Å². The van der Waals surface area contributed by atoms with Gasteiger partial charge in [0.15, 0.2) is 5.16 Å². The predicted octanol–water partition coefficient (Wildman–Crippen LogP) is 3.48. The third kappa shape index (κ3) is 4.36. The number of rotatable bonds is 5. The molecule has 6 heteroatoms. The number of hydrogen-bond donors (Lipinski definition) is 1. The van der Waals surface area contributed by atoms with E-state index in [1.165, 1.54) is 24.8 Å². The number of benzene rings is 2. The predicted molar refractivity (Wildman–Crippen MR) is 100 cm³/mol. The van der Waals surface area contributed by atoms with Gasteiger partial charge in [-0.2, -0.15) is 0 Å². The van der Waals surface area contributed by atoms with Crippen LogP contribution in [0.2, 0.25) is 0 Å². The number of amides is 1. The molecule has 3 rings (SSSR count). The first-order valence-corrected chi connectivity index (χ1v) is 8.76. The molecule has 0 aliphatic rings. The monoisotopic (exact) mass is 351 g/mol. The van der Waals surface area contributed by atoms with E-state index in [2.05, 4.69) is 10.3 Å². The minimum atomic E-state index is -0.261. The fourth-order valence-electron chi connectivity index (χ4n) is 2.34. The van der Waals surface area contributed by atoms with Gasteiger partial charge in [-0.05, 0) is 17.7 Å². The number of nitrogens with zero attached hydrogens (tertiary/aromatic N) is 2. The number of carbonyl (C=O) groups excluding carboxylic acids is 1. The number of nitrogens with one attached hydrogen (secondary N) is 1. The van der Waals surface area contributed by atoms with Crippen LogP contribution in [-0.4, -0.2) is 15.5 Å². The molecular formula is C19H17N3O2S. The summed E-state index contributed by atoms with van der Waals surface area (Å²) in [6.07, 6.45) is 0. The Bertz CT molecular complexity index is 924. The van der Waals surface area contributed by atoms with Crippen LogP contribution in [0.3, 0.4) is 0 Å². The minimum absolute atomic E-state index is 0.236. The molecule has 3 aromatic rings. The number of para-hydroxylation sites is 1. The molecule has 1 heterocycles. The van der Waals surface area contributed by atoms with Gasteiger partial charge < -0.3 is 5.32 Å². The van der Waals surface area contributed by atoms with E-state index >= 15 is 0 Å². The van der Waals surface area contributed by atoms with Gasteiger partial charge in [-0.15, -0.1) is 0 Å². The number of anilines is 1. The lowest BCUT2D eigenvalue weighted by molar-refractivity contribution is -0.114. The summed E-state index contributed by atoms with van der Waals surface area (Å²) in [7, 11) is 0. The Morgan fingerprint density at radius 2 is 1.72 bits per heavy atom. The zero-order valence-corrected chi connectivity index (χ0v) is 14.5. The van der Waals surface area contributed by atoms with Gasteiger partial charge in [-0.3, -0.25) is 14.2 Å². The van der Waals surface area contributed by atoms with Crippen molar-refractivity contribution in [3.05, 3.63) is 82.6 Å². The Hall–Kier alpha value is -2.86. The second-order valence-electron chi connectivity index (χ2n) is 5.39. The van der Waals surface area contributed by atoms with Crippen LogP contribution in [-0.2, 0) is 10.5 Å². The number of hydrogen-bond acceptors (Lipinski definition) is 4. The minimum Gasteiger partial charge on any atom is -0.311 e. The SMILES string of the molecule is CC(=O)Nc1cc(=O)n(-c2ccccc2)c(SCc2ccccc2)n1. The number of carbonyl (C=O) groups is 1. The van der Waals surface area contributed by atoms with Gasteiger partial charge >= 0.3 is 0 Å². The molecule has 1 N–H and O–H groups in total. The van der Waals surface area contributed by atoms with Crippen LogP contribution in [0.5, 0.6) is 0 Å². The molecule has 0 fully saturated rings. The highest BCUT2D eigenvalue weighted by Crippen LogP contribution is 2.23. The highest BCUT2D eigenvalue weighted by atomic mass is 32.2. The van der Waals surface area contributed by atoms with E-state index in [0.717, 1.165) is 11.3 Å². The molecule has 5 nitrogen and oxygen atoms in total. The second kappa shape index (κ2) is 7.81. The van der Waals surface area contributed by atoms with Gasteiger partial charge in [-0.25, -0.2) is 4.98 Å².